The Kier molecular flexibility index (Phi) is 4.43. The van der Waals surface area contributed by atoms with Crippen molar-refractivity contribution in [3.05, 3.63) is 15.6 Å². The van der Waals surface area contributed by atoms with E-state index in [0.29, 0.717) is 6.04 Å². The highest BCUT2D eigenvalue weighted by atomic mass is 32.1. The number of nitrogens with one attached hydrogen (secondary N) is 1. The van der Waals surface area contributed by atoms with Crippen molar-refractivity contribution in [2.24, 2.45) is 5.92 Å². The lowest BCUT2D eigenvalue weighted by Gasteiger charge is -2.38. The summed E-state index contributed by atoms with van der Waals surface area (Å²) in [5.74, 6) is 0.908. The number of hydrogen-bond acceptors (Lipinski definition) is 4. The molecule has 2 fully saturated rings. The fourth-order valence-electron chi connectivity index (χ4n) is 3.92. The van der Waals surface area contributed by atoms with Gasteiger partial charge < -0.3 is 5.32 Å². The van der Waals surface area contributed by atoms with Gasteiger partial charge in [-0.15, -0.1) is 11.3 Å². The van der Waals surface area contributed by atoms with Gasteiger partial charge in [-0.3, -0.25) is 4.90 Å². The maximum Gasteiger partial charge on any atom is 0.0900 e. The van der Waals surface area contributed by atoms with Crippen LogP contribution in [0.4, 0.5) is 0 Å². The third-order valence-electron chi connectivity index (χ3n) is 5.11. The van der Waals surface area contributed by atoms with E-state index in [4.69, 9.17) is 0 Å². The lowest BCUT2D eigenvalue weighted by Crippen LogP contribution is -2.41. The summed E-state index contributed by atoms with van der Waals surface area (Å²) in [4.78, 5) is 8.72. The summed E-state index contributed by atoms with van der Waals surface area (Å²) in [6.45, 7) is 10.4. The van der Waals surface area contributed by atoms with Crippen LogP contribution in [0, 0.1) is 19.8 Å². The Labute approximate surface area is 126 Å². The van der Waals surface area contributed by atoms with Gasteiger partial charge in [-0.05, 0) is 72.0 Å². The number of hydrogen-bond donors (Lipinski definition) is 1. The summed E-state index contributed by atoms with van der Waals surface area (Å²) in [5.41, 5.74) is 1.24. The van der Waals surface area contributed by atoms with Gasteiger partial charge >= 0.3 is 0 Å². The number of likely N-dealkylation sites (tertiary alicyclic amines) is 1. The largest absolute Gasteiger partial charge is 0.314 e. The molecule has 2 unspecified atom stereocenters. The maximum absolute atomic E-state index is 4.59. The Morgan fingerprint density at radius 1 is 1.25 bits per heavy atom. The molecule has 1 aromatic rings. The molecule has 4 heteroatoms. The molecule has 0 spiro atoms. The Morgan fingerprint density at radius 3 is 2.55 bits per heavy atom. The standard InChI is InChI=1S/C16H27N3S/c1-11-16(20-13(3)18-11)12(2)19-9-6-14(7-10-19)15-5-4-8-17-15/h12,14-15,17H,4-10H2,1-3H3. The van der Waals surface area contributed by atoms with Crippen LogP contribution in [0.2, 0.25) is 0 Å². The number of rotatable bonds is 3. The molecule has 3 heterocycles. The summed E-state index contributed by atoms with van der Waals surface area (Å²) < 4.78 is 0. The smallest absolute Gasteiger partial charge is 0.0900 e. The van der Waals surface area contributed by atoms with Crippen LogP contribution in [0.3, 0.4) is 0 Å². The molecule has 1 N–H and O–H groups in total. The van der Waals surface area contributed by atoms with Crippen molar-refractivity contribution < 1.29 is 0 Å². The highest BCUT2D eigenvalue weighted by Crippen LogP contribution is 2.33. The van der Waals surface area contributed by atoms with Gasteiger partial charge in [0.15, 0.2) is 0 Å². The zero-order chi connectivity index (χ0) is 14.1. The third-order valence-corrected chi connectivity index (χ3v) is 6.35. The van der Waals surface area contributed by atoms with Crippen molar-refractivity contribution >= 4 is 11.3 Å². The van der Waals surface area contributed by atoms with Crippen molar-refractivity contribution in [2.75, 3.05) is 19.6 Å². The second kappa shape index (κ2) is 6.12. The molecule has 2 atom stereocenters. The number of aromatic nitrogens is 1. The van der Waals surface area contributed by atoms with Gasteiger partial charge in [-0.2, -0.15) is 0 Å². The first-order chi connectivity index (χ1) is 9.65. The van der Waals surface area contributed by atoms with Crippen molar-refractivity contribution in [1.82, 2.24) is 15.2 Å². The Bertz CT molecular complexity index is 443. The Balaban J connectivity index is 1.58. The molecule has 0 aromatic carbocycles. The molecular weight excluding hydrogens is 266 g/mol. The fraction of sp³-hybridized carbons (Fsp3) is 0.812. The van der Waals surface area contributed by atoms with E-state index in [-0.39, 0.29) is 0 Å². The summed E-state index contributed by atoms with van der Waals surface area (Å²) in [5, 5.41) is 4.89. The fourth-order valence-corrected chi connectivity index (χ4v) is 4.94. The highest BCUT2D eigenvalue weighted by Gasteiger charge is 2.30. The topological polar surface area (TPSA) is 28.2 Å². The molecule has 2 saturated heterocycles. The molecule has 112 valence electrons. The average molecular weight is 293 g/mol. The molecule has 0 saturated carbocycles. The molecule has 1 aromatic heterocycles. The lowest BCUT2D eigenvalue weighted by atomic mass is 9.88. The van der Waals surface area contributed by atoms with Crippen LogP contribution < -0.4 is 5.32 Å². The molecule has 20 heavy (non-hydrogen) atoms. The first-order valence-electron chi connectivity index (χ1n) is 8.06. The summed E-state index contributed by atoms with van der Waals surface area (Å²) >= 11 is 1.88. The predicted octanol–water partition coefficient (Wildman–Crippen LogP) is 3.28. The first-order valence-corrected chi connectivity index (χ1v) is 8.88. The number of piperidine rings is 1. The Hall–Kier alpha value is -0.450. The third kappa shape index (κ3) is 2.92. The van der Waals surface area contributed by atoms with Crippen LogP contribution in [0.15, 0.2) is 0 Å². The van der Waals surface area contributed by atoms with E-state index in [1.54, 1.807) is 0 Å². The lowest BCUT2D eigenvalue weighted by molar-refractivity contribution is 0.128. The molecule has 0 bridgehead atoms. The van der Waals surface area contributed by atoms with Crippen molar-refractivity contribution in [3.8, 4) is 0 Å². The van der Waals surface area contributed by atoms with E-state index in [1.807, 2.05) is 11.3 Å². The van der Waals surface area contributed by atoms with Crippen LogP contribution >= 0.6 is 11.3 Å². The monoisotopic (exact) mass is 293 g/mol. The van der Waals surface area contributed by atoms with E-state index < -0.39 is 0 Å². The van der Waals surface area contributed by atoms with Crippen LogP contribution in [0.1, 0.15) is 54.2 Å². The summed E-state index contributed by atoms with van der Waals surface area (Å²) in [6.07, 6.45) is 5.49. The molecular formula is C16H27N3S. The molecule has 0 amide bonds. The minimum atomic E-state index is 0.540. The SMILES string of the molecule is Cc1nc(C)c(C(C)N2CCC(C3CCCN3)CC2)s1. The van der Waals surface area contributed by atoms with Gasteiger partial charge in [0.1, 0.15) is 0 Å². The Morgan fingerprint density at radius 2 is 2.00 bits per heavy atom. The predicted molar refractivity (Wildman–Crippen MR) is 85.3 cm³/mol. The quantitative estimate of drug-likeness (QED) is 0.927. The van der Waals surface area contributed by atoms with E-state index >= 15 is 0 Å². The van der Waals surface area contributed by atoms with Crippen LogP contribution in [-0.2, 0) is 0 Å². The van der Waals surface area contributed by atoms with Crippen molar-refractivity contribution in [3.63, 3.8) is 0 Å². The van der Waals surface area contributed by atoms with Crippen LogP contribution in [-0.4, -0.2) is 35.6 Å². The highest BCUT2D eigenvalue weighted by molar-refractivity contribution is 7.11. The zero-order valence-electron chi connectivity index (χ0n) is 13.0. The number of nitrogens with zero attached hydrogens (tertiary/aromatic N) is 2. The van der Waals surface area contributed by atoms with Crippen LogP contribution in [0.25, 0.3) is 0 Å². The van der Waals surface area contributed by atoms with Crippen molar-refractivity contribution in [2.45, 2.75) is 58.5 Å². The number of aryl methyl sites for hydroxylation is 2. The van der Waals surface area contributed by atoms with Gasteiger partial charge in [0.2, 0.25) is 0 Å². The molecule has 2 aliphatic rings. The number of thiazole rings is 1. The first kappa shape index (κ1) is 14.5. The molecule has 2 aliphatic heterocycles. The second-order valence-corrected chi connectivity index (χ2v) is 7.67. The minimum Gasteiger partial charge on any atom is -0.314 e. The van der Waals surface area contributed by atoms with E-state index in [2.05, 4.69) is 36.0 Å². The molecule has 0 aliphatic carbocycles. The van der Waals surface area contributed by atoms with Gasteiger partial charge in [-0.25, -0.2) is 4.98 Å². The van der Waals surface area contributed by atoms with Crippen LogP contribution in [0.5, 0.6) is 0 Å². The molecule has 3 nitrogen and oxygen atoms in total. The van der Waals surface area contributed by atoms with Gasteiger partial charge in [0.25, 0.3) is 0 Å². The van der Waals surface area contributed by atoms with Gasteiger partial charge in [0.05, 0.1) is 10.7 Å². The van der Waals surface area contributed by atoms with Crippen molar-refractivity contribution in [1.29, 1.82) is 0 Å². The second-order valence-electron chi connectivity index (χ2n) is 6.43. The van der Waals surface area contributed by atoms with Gasteiger partial charge in [-0.1, -0.05) is 0 Å². The molecule has 0 radical (unpaired) electrons. The summed E-state index contributed by atoms with van der Waals surface area (Å²) in [6, 6.07) is 1.35. The average Bonchev–Trinajstić information content (AvgIpc) is 3.08. The van der Waals surface area contributed by atoms with Gasteiger partial charge in [0, 0.05) is 17.0 Å². The van der Waals surface area contributed by atoms with E-state index in [1.165, 1.54) is 60.9 Å². The minimum absolute atomic E-state index is 0.540. The maximum atomic E-state index is 4.59. The molecule has 3 rings (SSSR count). The van der Waals surface area contributed by atoms with E-state index in [0.717, 1.165) is 12.0 Å². The zero-order valence-corrected chi connectivity index (χ0v) is 13.8. The summed E-state index contributed by atoms with van der Waals surface area (Å²) in [7, 11) is 0. The van der Waals surface area contributed by atoms with E-state index in [9.17, 15) is 0 Å². The normalized spacial score (nSPS) is 27.1.